The molecular weight excluding hydrogens is 278 g/mol. The number of rotatable bonds is 3. The number of hydrogen-bond acceptors (Lipinski definition) is 4. The number of nitrogens with one attached hydrogen (secondary N) is 1. The number of carbonyl (C=O) groups excluding carboxylic acids is 1. The van der Waals surface area contributed by atoms with E-state index in [4.69, 9.17) is 9.52 Å². The van der Waals surface area contributed by atoms with Gasteiger partial charge in [-0.2, -0.15) is 0 Å². The van der Waals surface area contributed by atoms with E-state index in [-0.39, 0.29) is 11.5 Å². The Bertz CT molecular complexity index is 802. The van der Waals surface area contributed by atoms with Gasteiger partial charge in [-0.1, -0.05) is 18.2 Å². The second-order valence-electron chi connectivity index (χ2n) is 4.07. The molecule has 0 saturated heterocycles. The van der Waals surface area contributed by atoms with Gasteiger partial charge in [0, 0.05) is 5.39 Å². The summed E-state index contributed by atoms with van der Waals surface area (Å²) in [4.78, 5) is 23.2. The van der Waals surface area contributed by atoms with Gasteiger partial charge in [-0.05, 0) is 17.5 Å². The topological polar surface area (TPSA) is 79.5 Å². The Morgan fingerprint density at radius 1 is 1.15 bits per heavy atom. The maximum absolute atomic E-state index is 12.2. The summed E-state index contributed by atoms with van der Waals surface area (Å²) < 4.78 is 5.29. The van der Waals surface area contributed by atoms with Crippen molar-refractivity contribution in [3.05, 3.63) is 53.1 Å². The SMILES string of the molecule is O=C(O)c1ccsc1NC(=O)c1coc2ccccc12. The van der Waals surface area contributed by atoms with Crippen LogP contribution in [0.5, 0.6) is 0 Å². The van der Waals surface area contributed by atoms with Gasteiger partial charge in [0.15, 0.2) is 0 Å². The van der Waals surface area contributed by atoms with Crippen LogP contribution < -0.4 is 5.32 Å². The quantitative estimate of drug-likeness (QED) is 0.773. The first-order valence-electron chi connectivity index (χ1n) is 5.75. The van der Waals surface area contributed by atoms with Crippen LogP contribution in [0.1, 0.15) is 20.7 Å². The summed E-state index contributed by atoms with van der Waals surface area (Å²) in [7, 11) is 0. The van der Waals surface area contributed by atoms with Gasteiger partial charge in [-0.25, -0.2) is 4.79 Å². The highest BCUT2D eigenvalue weighted by atomic mass is 32.1. The Morgan fingerprint density at radius 3 is 2.75 bits per heavy atom. The van der Waals surface area contributed by atoms with Gasteiger partial charge in [0.2, 0.25) is 0 Å². The van der Waals surface area contributed by atoms with Crippen molar-refractivity contribution in [2.75, 3.05) is 5.32 Å². The van der Waals surface area contributed by atoms with Crippen molar-refractivity contribution in [2.24, 2.45) is 0 Å². The van der Waals surface area contributed by atoms with E-state index in [1.165, 1.54) is 23.7 Å². The van der Waals surface area contributed by atoms with E-state index in [1.54, 1.807) is 17.5 Å². The summed E-state index contributed by atoms with van der Waals surface area (Å²) in [5.74, 6) is -1.46. The Labute approximate surface area is 117 Å². The molecule has 0 spiro atoms. The molecule has 5 nitrogen and oxygen atoms in total. The van der Waals surface area contributed by atoms with E-state index in [2.05, 4.69) is 5.32 Å². The predicted octanol–water partition coefficient (Wildman–Crippen LogP) is 3.44. The number of fused-ring (bicyclic) bond motifs is 1. The van der Waals surface area contributed by atoms with Gasteiger partial charge < -0.3 is 14.8 Å². The molecule has 0 radical (unpaired) electrons. The summed E-state index contributed by atoms with van der Waals surface area (Å²) in [5, 5.41) is 14.2. The van der Waals surface area contributed by atoms with E-state index in [1.807, 2.05) is 12.1 Å². The van der Waals surface area contributed by atoms with Crippen LogP contribution in [-0.4, -0.2) is 17.0 Å². The number of carboxylic acid groups (broad SMARTS) is 1. The zero-order chi connectivity index (χ0) is 14.1. The van der Waals surface area contributed by atoms with Crippen LogP contribution in [0.4, 0.5) is 5.00 Å². The van der Waals surface area contributed by atoms with Crippen LogP contribution in [0.2, 0.25) is 0 Å². The molecule has 0 aliphatic heterocycles. The third-order valence-electron chi connectivity index (χ3n) is 2.85. The molecule has 2 aromatic heterocycles. The summed E-state index contributed by atoms with van der Waals surface area (Å²) in [6.45, 7) is 0. The van der Waals surface area contributed by atoms with Crippen LogP contribution in [0.3, 0.4) is 0 Å². The number of aromatic carboxylic acids is 1. The molecule has 20 heavy (non-hydrogen) atoms. The second-order valence-corrected chi connectivity index (χ2v) is 4.98. The Morgan fingerprint density at radius 2 is 1.95 bits per heavy atom. The third-order valence-corrected chi connectivity index (χ3v) is 3.68. The normalized spacial score (nSPS) is 10.6. The molecule has 2 heterocycles. The van der Waals surface area contributed by atoms with Crippen molar-refractivity contribution in [3.8, 4) is 0 Å². The van der Waals surface area contributed by atoms with Crippen molar-refractivity contribution < 1.29 is 19.1 Å². The fourth-order valence-electron chi connectivity index (χ4n) is 1.90. The van der Waals surface area contributed by atoms with Gasteiger partial charge in [0.05, 0.1) is 11.1 Å². The number of furan rings is 1. The van der Waals surface area contributed by atoms with Crippen LogP contribution in [0.15, 0.2) is 46.4 Å². The Kier molecular flexibility index (Phi) is 3.00. The highest BCUT2D eigenvalue weighted by molar-refractivity contribution is 7.14. The molecule has 1 amide bonds. The number of amides is 1. The molecule has 0 bridgehead atoms. The third kappa shape index (κ3) is 2.06. The number of carbonyl (C=O) groups is 2. The van der Waals surface area contributed by atoms with Crippen molar-refractivity contribution in [3.63, 3.8) is 0 Å². The molecule has 100 valence electrons. The molecule has 0 unspecified atom stereocenters. The van der Waals surface area contributed by atoms with E-state index in [0.29, 0.717) is 21.5 Å². The smallest absolute Gasteiger partial charge is 0.338 e. The largest absolute Gasteiger partial charge is 0.478 e. The molecule has 6 heteroatoms. The maximum atomic E-state index is 12.2. The van der Waals surface area contributed by atoms with Crippen LogP contribution in [-0.2, 0) is 0 Å². The van der Waals surface area contributed by atoms with Crippen molar-refractivity contribution in [1.82, 2.24) is 0 Å². The van der Waals surface area contributed by atoms with Gasteiger partial charge in [-0.3, -0.25) is 4.79 Å². The van der Waals surface area contributed by atoms with E-state index in [9.17, 15) is 9.59 Å². The first-order valence-corrected chi connectivity index (χ1v) is 6.63. The lowest BCUT2D eigenvalue weighted by atomic mass is 10.1. The van der Waals surface area contributed by atoms with Crippen molar-refractivity contribution in [1.29, 1.82) is 0 Å². The fraction of sp³-hybridized carbons (Fsp3) is 0. The van der Waals surface area contributed by atoms with Crippen molar-refractivity contribution >= 4 is 39.2 Å². The number of benzene rings is 1. The molecule has 1 aromatic carbocycles. The molecule has 0 fully saturated rings. The molecule has 0 atom stereocenters. The van der Waals surface area contributed by atoms with E-state index < -0.39 is 5.97 Å². The molecule has 0 aliphatic rings. The number of para-hydroxylation sites is 1. The number of thiophene rings is 1. The van der Waals surface area contributed by atoms with Crippen molar-refractivity contribution in [2.45, 2.75) is 0 Å². The minimum absolute atomic E-state index is 0.0798. The monoisotopic (exact) mass is 287 g/mol. The Hall–Kier alpha value is -2.60. The lowest BCUT2D eigenvalue weighted by Crippen LogP contribution is -2.12. The minimum Gasteiger partial charge on any atom is -0.478 e. The lowest BCUT2D eigenvalue weighted by molar-refractivity contribution is 0.0698. The average molecular weight is 287 g/mol. The standard InChI is InChI=1S/C14H9NO4S/c16-12(15-13-9(14(17)18)5-6-20-13)10-7-19-11-4-2-1-3-8(10)11/h1-7H,(H,15,16)(H,17,18). The van der Waals surface area contributed by atoms with Crippen LogP contribution in [0.25, 0.3) is 11.0 Å². The molecular formula is C14H9NO4S. The van der Waals surface area contributed by atoms with Gasteiger partial charge in [0.1, 0.15) is 16.8 Å². The summed E-state index contributed by atoms with van der Waals surface area (Å²) in [5.41, 5.74) is 1.07. The highest BCUT2D eigenvalue weighted by Crippen LogP contribution is 2.26. The zero-order valence-corrected chi connectivity index (χ0v) is 10.9. The first kappa shape index (κ1) is 12.4. The zero-order valence-electron chi connectivity index (χ0n) is 10.1. The van der Waals surface area contributed by atoms with Gasteiger partial charge in [0.25, 0.3) is 5.91 Å². The molecule has 0 saturated carbocycles. The molecule has 2 N–H and O–H groups in total. The van der Waals surface area contributed by atoms with Crippen LogP contribution >= 0.6 is 11.3 Å². The first-order chi connectivity index (χ1) is 9.66. The number of carboxylic acids is 1. The average Bonchev–Trinajstić information content (AvgIpc) is 3.04. The minimum atomic E-state index is -1.07. The lowest BCUT2D eigenvalue weighted by Gasteiger charge is -2.02. The van der Waals surface area contributed by atoms with E-state index >= 15 is 0 Å². The summed E-state index contributed by atoms with van der Waals surface area (Å²) >= 11 is 1.17. The molecule has 3 aromatic rings. The maximum Gasteiger partial charge on any atom is 0.338 e. The number of anilines is 1. The fourth-order valence-corrected chi connectivity index (χ4v) is 2.67. The molecule has 0 aliphatic carbocycles. The van der Waals surface area contributed by atoms with Crippen LogP contribution in [0, 0.1) is 0 Å². The van der Waals surface area contributed by atoms with Gasteiger partial charge >= 0.3 is 5.97 Å². The predicted molar refractivity (Wildman–Crippen MR) is 75.4 cm³/mol. The summed E-state index contributed by atoms with van der Waals surface area (Å²) in [6.07, 6.45) is 1.37. The second kappa shape index (κ2) is 4.82. The summed E-state index contributed by atoms with van der Waals surface area (Å²) in [6, 6.07) is 8.62. The van der Waals surface area contributed by atoms with Gasteiger partial charge in [-0.15, -0.1) is 11.3 Å². The highest BCUT2D eigenvalue weighted by Gasteiger charge is 2.17. The van der Waals surface area contributed by atoms with E-state index in [0.717, 1.165) is 0 Å². The number of hydrogen-bond donors (Lipinski definition) is 2. The Balaban J connectivity index is 1.93. The molecule has 3 rings (SSSR count).